The van der Waals surface area contributed by atoms with E-state index in [1.54, 1.807) is 0 Å². The van der Waals surface area contributed by atoms with E-state index in [-0.39, 0.29) is 24.4 Å². The molecule has 2 heterocycles. The van der Waals surface area contributed by atoms with Crippen LogP contribution in [0.3, 0.4) is 0 Å². The van der Waals surface area contributed by atoms with Gasteiger partial charge in [-0.05, 0) is 30.9 Å². The second-order valence-corrected chi connectivity index (χ2v) is 5.15. The minimum absolute atomic E-state index is 0.0180. The van der Waals surface area contributed by atoms with Gasteiger partial charge >= 0.3 is 0 Å². The van der Waals surface area contributed by atoms with E-state index in [4.69, 9.17) is 16.7 Å². The smallest absolute Gasteiger partial charge is 0.255 e. The Kier molecular flexibility index (Phi) is 5.86. The van der Waals surface area contributed by atoms with Crippen LogP contribution in [0.4, 0.5) is 20.7 Å². The highest BCUT2D eigenvalue weighted by atomic mass is 35.5. The van der Waals surface area contributed by atoms with Gasteiger partial charge in [-0.2, -0.15) is 15.0 Å². The van der Waals surface area contributed by atoms with E-state index < -0.39 is 13.0 Å². The van der Waals surface area contributed by atoms with Gasteiger partial charge in [-0.1, -0.05) is 0 Å². The van der Waals surface area contributed by atoms with Crippen molar-refractivity contribution < 1.29 is 13.9 Å². The molecule has 1 aromatic rings. The molecule has 0 saturated carbocycles. The van der Waals surface area contributed by atoms with Crippen molar-refractivity contribution in [2.24, 2.45) is 0 Å². The number of nitrogens with zero attached hydrogens (tertiary/aromatic N) is 5. The van der Waals surface area contributed by atoms with Gasteiger partial charge in [-0.25, -0.2) is 8.78 Å². The topological polar surface area (TPSA) is 65.4 Å². The lowest BCUT2D eigenvalue weighted by atomic mass is 10.1. The maximum atomic E-state index is 12.6. The Balaban J connectivity index is 2.22. The predicted octanol–water partition coefficient (Wildman–Crippen LogP) is 1.58. The molecule has 0 amide bonds. The zero-order valence-electron chi connectivity index (χ0n) is 11.6. The van der Waals surface area contributed by atoms with E-state index in [0.717, 1.165) is 32.4 Å². The molecule has 6 nitrogen and oxygen atoms in total. The molecule has 0 aliphatic carbocycles. The third-order valence-corrected chi connectivity index (χ3v) is 3.40. The van der Waals surface area contributed by atoms with Gasteiger partial charge in [0.1, 0.15) is 0 Å². The molecule has 1 aliphatic rings. The van der Waals surface area contributed by atoms with E-state index in [2.05, 4.69) is 15.0 Å². The van der Waals surface area contributed by atoms with Crippen LogP contribution in [0.1, 0.15) is 19.3 Å². The summed E-state index contributed by atoms with van der Waals surface area (Å²) in [6.45, 7) is 0.822. The molecule has 0 bridgehead atoms. The van der Waals surface area contributed by atoms with Crippen molar-refractivity contribution in [3.63, 3.8) is 0 Å². The number of hydrogen-bond donors (Lipinski definition) is 1. The molecule has 0 atom stereocenters. The van der Waals surface area contributed by atoms with Crippen molar-refractivity contribution in [3.8, 4) is 0 Å². The quantitative estimate of drug-likeness (QED) is 0.858. The van der Waals surface area contributed by atoms with Crippen LogP contribution in [-0.4, -0.2) is 59.3 Å². The Labute approximate surface area is 126 Å². The van der Waals surface area contributed by atoms with Crippen LogP contribution >= 0.6 is 11.6 Å². The molecule has 0 radical (unpaired) electrons. The lowest BCUT2D eigenvalue weighted by Crippen LogP contribution is -2.35. The van der Waals surface area contributed by atoms with Gasteiger partial charge in [-0.3, -0.25) is 0 Å². The third kappa shape index (κ3) is 4.60. The van der Waals surface area contributed by atoms with E-state index in [9.17, 15) is 8.78 Å². The van der Waals surface area contributed by atoms with E-state index >= 15 is 0 Å². The fourth-order valence-electron chi connectivity index (χ4n) is 2.27. The molecule has 1 aliphatic heterocycles. The van der Waals surface area contributed by atoms with Crippen molar-refractivity contribution >= 4 is 23.5 Å². The summed E-state index contributed by atoms with van der Waals surface area (Å²) >= 11 is 5.88. The summed E-state index contributed by atoms with van der Waals surface area (Å²) in [5.74, 6) is 0.479. The monoisotopic (exact) mass is 321 g/mol. The first-order valence-electron chi connectivity index (χ1n) is 6.90. The number of piperidine rings is 1. The van der Waals surface area contributed by atoms with Gasteiger partial charge in [0.2, 0.25) is 17.2 Å². The molecule has 1 fully saturated rings. The average Bonchev–Trinajstić information content (AvgIpc) is 2.47. The molecule has 1 N–H and O–H groups in total. The van der Waals surface area contributed by atoms with E-state index in [0.29, 0.717) is 5.95 Å². The summed E-state index contributed by atoms with van der Waals surface area (Å²) < 4.78 is 25.2. The van der Waals surface area contributed by atoms with Crippen LogP contribution in [0.5, 0.6) is 0 Å². The Hall–Kier alpha value is -1.28. The Morgan fingerprint density at radius 3 is 2.52 bits per heavy atom. The fourth-order valence-corrected chi connectivity index (χ4v) is 2.42. The molecule has 1 saturated heterocycles. The van der Waals surface area contributed by atoms with Crippen LogP contribution < -0.4 is 9.80 Å². The van der Waals surface area contributed by atoms with Crippen molar-refractivity contribution in [2.45, 2.75) is 25.7 Å². The number of aliphatic hydroxyl groups is 1. The van der Waals surface area contributed by atoms with Crippen molar-refractivity contribution in [3.05, 3.63) is 5.28 Å². The van der Waals surface area contributed by atoms with Gasteiger partial charge in [0.05, 0.1) is 13.2 Å². The van der Waals surface area contributed by atoms with Crippen LogP contribution in [0, 0.1) is 0 Å². The van der Waals surface area contributed by atoms with Crippen LogP contribution in [-0.2, 0) is 0 Å². The summed E-state index contributed by atoms with van der Waals surface area (Å²) in [5, 5.41) is 8.97. The Morgan fingerprint density at radius 2 is 1.90 bits per heavy atom. The van der Waals surface area contributed by atoms with E-state index in [1.807, 2.05) is 4.90 Å². The van der Waals surface area contributed by atoms with Crippen molar-refractivity contribution in [1.29, 1.82) is 0 Å². The van der Waals surface area contributed by atoms with E-state index in [1.165, 1.54) is 4.90 Å². The molecule has 118 valence electrons. The average molecular weight is 322 g/mol. The number of halogens is 3. The second-order valence-electron chi connectivity index (χ2n) is 4.81. The lowest BCUT2D eigenvalue weighted by Gasteiger charge is -2.28. The summed E-state index contributed by atoms with van der Waals surface area (Å²) in [7, 11) is 0. The zero-order chi connectivity index (χ0) is 15.2. The number of anilines is 2. The predicted molar refractivity (Wildman–Crippen MR) is 76.2 cm³/mol. The van der Waals surface area contributed by atoms with Gasteiger partial charge in [-0.15, -0.1) is 0 Å². The first-order chi connectivity index (χ1) is 10.1. The van der Waals surface area contributed by atoms with Crippen LogP contribution in [0.25, 0.3) is 0 Å². The number of aromatic nitrogens is 3. The summed E-state index contributed by atoms with van der Waals surface area (Å²) in [6, 6.07) is 0. The molecular formula is C12H18ClF2N5O. The maximum absolute atomic E-state index is 12.6. The minimum atomic E-state index is -2.55. The number of aliphatic hydroxyl groups excluding tert-OH is 1. The standard InChI is InChI=1S/C12H18ClF2N5O/c13-10-16-11(19-4-2-1-3-5-19)18-12(17-10)20(6-7-21)8-9(14)15/h9,21H,1-8H2. The van der Waals surface area contributed by atoms with Gasteiger partial charge in [0.15, 0.2) is 0 Å². The molecule has 21 heavy (non-hydrogen) atoms. The lowest BCUT2D eigenvalue weighted by molar-refractivity contribution is 0.152. The molecule has 0 unspecified atom stereocenters. The Bertz CT molecular complexity index is 459. The zero-order valence-corrected chi connectivity index (χ0v) is 12.3. The summed E-state index contributed by atoms with van der Waals surface area (Å²) in [5.41, 5.74) is 0. The Morgan fingerprint density at radius 1 is 1.19 bits per heavy atom. The first kappa shape index (κ1) is 16.1. The molecule has 2 rings (SSSR count). The highest BCUT2D eigenvalue weighted by Crippen LogP contribution is 2.20. The van der Waals surface area contributed by atoms with Crippen LogP contribution in [0.15, 0.2) is 0 Å². The SMILES string of the molecule is OCCN(CC(F)F)c1nc(Cl)nc(N2CCCCC2)n1. The summed E-state index contributed by atoms with van der Waals surface area (Å²) in [4.78, 5) is 15.4. The maximum Gasteiger partial charge on any atom is 0.255 e. The minimum Gasteiger partial charge on any atom is -0.395 e. The highest BCUT2D eigenvalue weighted by Gasteiger charge is 2.20. The third-order valence-electron chi connectivity index (χ3n) is 3.23. The van der Waals surface area contributed by atoms with Gasteiger partial charge in [0, 0.05) is 19.6 Å². The van der Waals surface area contributed by atoms with Gasteiger partial charge < -0.3 is 14.9 Å². The molecule has 1 aromatic heterocycles. The first-order valence-corrected chi connectivity index (χ1v) is 7.28. The largest absolute Gasteiger partial charge is 0.395 e. The summed E-state index contributed by atoms with van der Waals surface area (Å²) in [6.07, 6.45) is 0.682. The molecule has 0 aromatic carbocycles. The second kappa shape index (κ2) is 7.65. The normalized spacial score (nSPS) is 15.6. The van der Waals surface area contributed by atoms with Crippen molar-refractivity contribution in [2.75, 3.05) is 42.6 Å². The number of alkyl halides is 2. The fraction of sp³-hybridized carbons (Fsp3) is 0.750. The highest BCUT2D eigenvalue weighted by molar-refractivity contribution is 6.28. The molecule has 0 spiro atoms. The van der Waals surface area contributed by atoms with Gasteiger partial charge in [0.25, 0.3) is 6.43 Å². The number of hydrogen-bond acceptors (Lipinski definition) is 6. The van der Waals surface area contributed by atoms with Crippen molar-refractivity contribution in [1.82, 2.24) is 15.0 Å². The van der Waals surface area contributed by atoms with Crippen LogP contribution in [0.2, 0.25) is 5.28 Å². The number of rotatable bonds is 6. The molecule has 9 heteroatoms. The molecular weight excluding hydrogens is 304 g/mol.